The van der Waals surface area contributed by atoms with Crippen molar-refractivity contribution in [1.29, 1.82) is 0 Å². The number of β-amino-alcohol motifs (C(OH)–C–C–N with tert-alkyl or cyclic N) is 1. The predicted molar refractivity (Wildman–Crippen MR) is 138 cm³/mol. The Morgan fingerprint density at radius 3 is 2.70 bits per heavy atom. The standard InChI is InChI=1S/C28H35ClFN3O4/c1-18-27(37)33-20(7-10-25(35)31-14-13-28(11-12-28)24(34)17-31)3-2-4-21(33)16-32(18)26(36)9-6-19-5-8-23(30)22(29)15-19/h5-6,8-9,15,18,20-21,24,34H,2-4,7,10-14,16-17H2,1H3/t18-,20+,21-,24+/m0/s1. The molecule has 200 valence electrons. The van der Waals surface area contributed by atoms with Crippen molar-refractivity contribution in [2.45, 2.75) is 82.5 Å². The number of nitrogens with zero attached hydrogens (tertiary/aromatic N) is 3. The number of amides is 3. The summed E-state index contributed by atoms with van der Waals surface area (Å²) in [4.78, 5) is 44.7. The molecule has 9 heteroatoms. The highest BCUT2D eigenvalue weighted by Crippen LogP contribution is 2.53. The fourth-order valence-corrected chi connectivity index (χ4v) is 6.51. The summed E-state index contributed by atoms with van der Waals surface area (Å²) >= 11 is 5.83. The number of hydrogen-bond acceptors (Lipinski definition) is 4. The molecule has 1 saturated carbocycles. The molecular weight excluding hydrogens is 497 g/mol. The predicted octanol–water partition coefficient (Wildman–Crippen LogP) is 3.63. The first-order valence-corrected chi connectivity index (χ1v) is 13.8. The van der Waals surface area contributed by atoms with Crippen LogP contribution in [0.3, 0.4) is 0 Å². The van der Waals surface area contributed by atoms with Crippen molar-refractivity contribution in [2.24, 2.45) is 5.41 Å². The highest BCUT2D eigenvalue weighted by Gasteiger charge is 2.52. The molecule has 0 bridgehead atoms. The normalized spacial score (nSPS) is 29.1. The highest BCUT2D eigenvalue weighted by atomic mass is 35.5. The Morgan fingerprint density at radius 2 is 2.00 bits per heavy atom. The summed E-state index contributed by atoms with van der Waals surface area (Å²) in [6.07, 6.45) is 9.14. The van der Waals surface area contributed by atoms with Gasteiger partial charge in [0.2, 0.25) is 17.7 Å². The van der Waals surface area contributed by atoms with E-state index in [1.54, 1.807) is 28.9 Å². The topological polar surface area (TPSA) is 81.2 Å². The maximum atomic E-state index is 13.4. The average molecular weight is 532 g/mol. The lowest BCUT2D eigenvalue weighted by Gasteiger charge is -2.50. The molecular formula is C28H35ClFN3O4. The third kappa shape index (κ3) is 5.28. The van der Waals surface area contributed by atoms with Crippen LogP contribution in [0.5, 0.6) is 0 Å². The van der Waals surface area contributed by atoms with Gasteiger partial charge in [-0.3, -0.25) is 14.4 Å². The number of fused-ring (bicyclic) bond motifs is 1. The number of carbonyl (C=O) groups is 3. The second kappa shape index (κ2) is 10.4. The molecule has 3 saturated heterocycles. The van der Waals surface area contributed by atoms with Crippen LogP contribution in [0.4, 0.5) is 4.39 Å². The van der Waals surface area contributed by atoms with Crippen LogP contribution in [0.15, 0.2) is 24.3 Å². The molecule has 3 amide bonds. The van der Waals surface area contributed by atoms with E-state index in [4.69, 9.17) is 11.6 Å². The molecule has 4 atom stereocenters. The van der Waals surface area contributed by atoms with Gasteiger partial charge in [0.25, 0.3) is 0 Å². The van der Waals surface area contributed by atoms with Crippen molar-refractivity contribution in [3.05, 3.63) is 40.7 Å². The number of halogens is 2. The maximum absolute atomic E-state index is 13.4. The lowest BCUT2D eigenvalue weighted by Crippen LogP contribution is -2.65. The largest absolute Gasteiger partial charge is 0.391 e. The molecule has 4 fully saturated rings. The van der Waals surface area contributed by atoms with Crippen molar-refractivity contribution in [2.75, 3.05) is 19.6 Å². The van der Waals surface area contributed by atoms with E-state index in [0.29, 0.717) is 38.0 Å². The van der Waals surface area contributed by atoms with E-state index in [1.165, 1.54) is 18.2 Å². The lowest BCUT2D eigenvalue weighted by molar-refractivity contribution is -0.158. The average Bonchev–Trinajstić information content (AvgIpc) is 3.67. The summed E-state index contributed by atoms with van der Waals surface area (Å²) in [7, 11) is 0. The molecule has 0 unspecified atom stereocenters. The number of aliphatic hydroxyl groups is 1. The van der Waals surface area contributed by atoms with Crippen LogP contribution in [-0.4, -0.2) is 81.4 Å². The fourth-order valence-electron chi connectivity index (χ4n) is 6.32. The van der Waals surface area contributed by atoms with Gasteiger partial charge in [0.1, 0.15) is 11.9 Å². The van der Waals surface area contributed by atoms with Gasteiger partial charge in [-0.15, -0.1) is 0 Å². The minimum Gasteiger partial charge on any atom is -0.391 e. The molecule has 37 heavy (non-hydrogen) atoms. The lowest BCUT2D eigenvalue weighted by atomic mass is 9.88. The zero-order valence-corrected chi connectivity index (χ0v) is 22.0. The number of benzene rings is 1. The first-order valence-electron chi connectivity index (χ1n) is 13.4. The molecule has 1 aromatic carbocycles. The number of piperidine rings is 2. The Hall–Kier alpha value is -2.45. The van der Waals surface area contributed by atoms with Gasteiger partial charge in [-0.25, -0.2) is 4.39 Å². The summed E-state index contributed by atoms with van der Waals surface area (Å²) in [5, 5.41) is 10.4. The SMILES string of the molecule is C[C@H]1C(=O)N2[C@@H](CCC(=O)N3CCC4(CC4)[C@H](O)C3)CCC[C@H]2CN1C(=O)C=Cc1ccc(F)c(Cl)c1. The minimum absolute atomic E-state index is 0.0122. The summed E-state index contributed by atoms with van der Waals surface area (Å²) in [5.41, 5.74) is 0.669. The van der Waals surface area contributed by atoms with E-state index in [0.717, 1.165) is 38.5 Å². The number of likely N-dealkylation sites (tertiary alicyclic amines) is 1. The summed E-state index contributed by atoms with van der Waals surface area (Å²) in [6.45, 7) is 3.32. The van der Waals surface area contributed by atoms with E-state index in [1.807, 2.05) is 4.90 Å². The maximum Gasteiger partial charge on any atom is 0.247 e. The van der Waals surface area contributed by atoms with Gasteiger partial charge < -0.3 is 19.8 Å². The monoisotopic (exact) mass is 531 g/mol. The fraction of sp³-hybridized carbons (Fsp3) is 0.607. The smallest absolute Gasteiger partial charge is 0.247 e. The van der Waals surface area contributed by atoms with Crippen LogP contribution in [0.2, 0.25) is 5.02 Å². The molecule has 3 heterocycles. The van der Waals surface area contributed by atoms with Crippen molar-refractivity contribution >= 4 is 35.4 Å². The number of aliphatic hydroxyl groups excluding tert-OH is 1. The zero-order valence-electron chi connectivity index (χ0n) is 21.2. The molecule has 1 aliphatic carbocycles. The van der Waals surface area contributed by atoms with Gasteiger partial charge in [-0.2, -0.15) is 0 Å². The molecule has 3 aliphatic heterocycles. The number of hydrogen-bond donors (Lipinski definition) is 1. The van der Waals surface area contributed by atoms with Gasteiger partial charge in [0.15, 0.2) is 0 Å². The van der Waals surface area contributed by atoms with Crippen LogP contribution in [0, 0.1) is 11.2 Å². The van der Waals surface area contributed by atoms with E-state index in [2.05, 4.69) is 0 Å². The van der Waals surface area contributed by atoms with E-state index < -0.39 is 18.0 Å². The Balaban J connectivity index is 1.18. The van der Waals surface area contributed by atoms with Crippen LogP contribution in [-0.2, 0) is 14.4 Å². The number of rotatable bonds is 5. The van der Waals surface area contributed by atoms with E-state index in [-0.39, 0.29) is 40.2 Å². The van der Waals surface area contributed by atoms with Crippen molar-refractivity contribution < 1.29 is 23.9 Å². The Labute approximate surface area is 222 Å². The molecule has 5 rings (SSSR count). The number of piperazine rings is 1. The third-order valence-corrected chi connectivity index (χ3v) is 9.20. The van der Waals surface area contributed by atoms with Crippen molar-refractivity contribution in [1.82, 2.24) is 14.7 Å². The van der Waals surface area contributed by atoms with E-state index in [9.17, 15) is 23.9 Å². The first kappa shape index (κ1) is 26.2. The minimum atomic E-state index is -0.603. The van der Waals surface area contributed by atoms with Crippen LogP contribution >= 0.6 is 11.6 Å². The molecule has 0 radical (unpaired) electrons. The molecule has 4 aliphatic rings. The van der Waals surface area contributed by atoms with Crippen LogP contribution in [0.25, 0.3) is 6.08 Å². The summed E-state index contributed by atoms with van der Waals surface area (Å²) in [6, 6.07) is 3.56. The van der Waals surface area contributed by atoms with Crippen LogP contribution < -0.4 is 0 Å². The van der Waals surface area contributed by atoms with Gasteiger partial charge in [-0.05, 0) is 81.1 Å². The molecule has 1 spiro atoms. The van der Waals surface area contributed by atoms with Gasteiger partial charge in [0, 0.05) is 44.2 Å². The molecule has 1 N–H and O–H groups in total. The van der Waals surface area contributed by atoms with Gasteiger partial charge >= 0.3 is 0 Å². The van der Waals surface area contributed by atoms with E-state index >= 15 is 0 Å². The molecule has 1 aromatic rings. The Kier molecular flexibility index (Phi) is 7.33. The van der Waals surface area contributed by atoms with Gasteiger partial charge in [0.05, 0.1) is 11.1 Å². The summed E-state index contributed by atoms with van der Waals surface area (Å²) < 4.78 is 13.4. The quantitative estimate of drug-likeness (QED) is 0.588. The molecule has 0 aromatic heterocycles. The first-order chi connectivity index (χ1) is 17.7. The van der Waals surface area contributed by atoms with Crippen molar-refractivity contribution in [3.8, 4) is 0 Å². The highest BCUT2D eigenvalue weighted by molar-refractivity contribution is 6.30. The summed E-state index contributed by atoms with van der Waals surface area (Å²) in [5.74, 6) is -0.814. The van der Waals surface area contributed by atoms with Gasteiger partial charge in [-0.1, -0.05) is 17.7 Å². The molecule has 7 nitrogen and oxygen atoms in total. The zero-order chi connectivity index (χ0) is 26.3. The second-order valence-electron chi connectivity index (χ2n) is 11.2. The third-order valence-electron chi connectivity index (χ3n) is 8.91. The Morgan fingerprint density at radius 1 is 1.22 bits per heavy atom. The second-order valence-corrected chi connectivity index (χ2v) is 11.6. The van der Waals surface area contributed by atoms with Crippen LogP contribution in [0.1, 0.15) is 63.9 Å². The van der Waals surface area contributed by atoms with Crippen molar-refractivity contribution in [3.63, 3.8) is 0 Å². The number of carbonyl (C=O) groups excluding carboxylic acids is 3. The Bertz CT molecular complexity index is 1110.